The van der Waals surface area contributed by atoms with Crippen LogP contribution in [0.25, 0.3) is 11.4 Å². The largest absolute Gasteiger partial charge is 0.382 e. The van der Waals surface area contributed by atoms with Crippen LogP contribution in [-0.4, -0.2) is 15.6 Å². The van der Waals surface area contributed by atoms with E-state index in [4.69, 9.17) is 0 Å². The fourth-order valence-corrected chi connectivity index (χ4v) is 2.43. The van der Waals surface area contributed by atoms with Gasteiger partial charge in [-0.15, -0.1) is 0 Å². The number of hydrogen-bond acceptors (Lipinski definition) is 2. The second kappa shape index (κ2) is 3.91. The summed E-state index contributed by atoms with van der Waals surface area (Å²) in [4.78, 5) is 4.39. The van der Waals surface area contributed by atoms with Crippen LogP contribution >= 0.6 is 0 Å². The topological polar surface area (TPSA) is 29.9 Å². The summed E-state index contributed by atoms with van der Waals surface area (Å²) in [6.07, 6.45) is 6.18. The molecule has 2 heterocycles. The van der Waals surface area contributed by atoms with Gasteiger partial charge in [-0.2, -0.15) is 0 Å². The summed E-state index contributed by atoms with van der Waals surface area (Å²) in [6, 6.07) is 7.17. The first-order valence-electron chi connectivity index (χ1n) is 6.11. The lowest BCUT2D eigenvalue weighted by molar-refractivity contribution is 0.681. The number of fused-ring (bicyclic) bond motifs is 1. The van der Waals surface area contributed by atoms with Crippen molar-refractivity contribution in [2.24, 2.45) is 7.05 Å². The Morgan fingerprint density at radius 2 is 2.29 bits per heavy atom. The van der Waals surface area contributed by atoms with Gasteiger partial charge in [0.15, 0.2) is 0 Å². The van der Waals surface area contributed by atoms with Crippen LogP contribution in [0.15, 0.2) is 30.6 Å². The molecule has 2 aromatic rings. The van der Waals surface area contributed by atoms with Crippen LogP contribution < -0.4 is 5.32 Å². The number of hydrogen-bond donors (Lipinski definition) is 1. The van der Waals surface area contributed by atoms with E-state index < -0.39 is 0 Å². The molecule has 0 fully saturated rings. The molecule has 1 aromatic heterocycles. The quantitative estimate of drug-likeness (QED) is 0.812. The molecule has 1 aromatic carbocycles. The molecule has 0 spiro atoms. The van der Waals surface area contributed by atoms with Crippen molar-refractivity contribution in [3.8, 4) is 11.4 Å². The predicted octanol–water partition coefficient (Wildman–Crippen LogP) is 2.83. The lowest BCUT2D eigenvalue weighted by Gasteiger charge is -2.24. The van der Waals surface area contributed by atoms with E-state index in [0.717, 1.165) is 12.2 Å². The highest BCUT2D eigenvalue weighted by Gasteiger charge is 2.15. The SMILES string of the molecule is CC1CCc2cc(-c3nccn3C)ccc2N1. The van der Waals surface area contributed by atoms with Crippen molar-refractivity contribution in [1.29, 1.82) is 0 Å². The van der Waals surface area contributed by atoms with Gasteiger partial charge in [0.1, 0.15) is 5.82 Å². The molecule has 0 saturated carbocycles. The fourth-order valence-electron chi connectivity index (χ4n) is 2.43. The fraction of sp³-hybridized carbons (Fsp3) is 0.357. The van der Waals surface area contributed by atoms with E-state index >= 15 is 0 Å². The first-order chi connectivity index (χ1) is 8.24. The number of benzene rings is 1. The highest BCUT2D eigenvalue weighted by atomic mass is 15.0. The average Bonchev–Trinajstić information content (AvgIpc) is 2.75. The minimum atomic E-state index is 0.585. The van der Waals surface area contributed by atoms with E-state index in [0.29, 0.717) is 6.04 Å². The van der Waals surface area contributed by atoms with E-state index in [1.807, 2.05) is 19.4 Å². The Kier molecular flexibility index (Phi) is 2.39. The third-order valence-corrected chi connectivity index (χ3v) is 3.43. The summed E-state index contributed by atoms with van der Waals surface area (Å²) < 4.78 is 2.06. The number of aromatic nitrogens is 2. The monoisotopic (exact) mass is 227 g/mol. The molecule has 0 aliphatic carbocycles. The molecular weight excluding hydrogens is 210 g/mol. The third-order valence-electron chi connectivity index (χ3n) is 3.43. The first-order valence-corrected chi connectivity index (χ1v) is 6.11. The minimum Gasteiger partial charge on any atom is -0.382 e. The second-order valence-corrected chi connectivity index (χ2v) is 4.82. The lowest BCUT2D eigenvalue weighted by atomic mass is 9.97. The summed E-state index contributed by atoms with van der Waals surface area (Å²) in [5, 5.41) is 3.52. The molecular formula is C14H17N3. The lowest BCUT2D eigenvalue weighted by Crippen LogP contribution is -2.21. The van der Waals surface area contributed by atoms with Crippen molar-refractivity contribution in [3.05, 3.63) is 36.2 Å². The molecule has 1 atom stereocenters. The number of rotatable bonds is 1. The van der Waals surface area contributed by atoms with Crippen LogP contribution in [0.3, 0.4) is 0 Å². The molecule has 0 bridgehead atoms. The molecule has 1 aliphatic heterocycles. The van der Waals surface area contributed by atoms with Crippen LogP contribution in [-0.2, 0) is 13.5 Å². The van der Waals surface area contributed by atoms with Crippen LogP contribution in [0, 0.1) is 0 Å². The highest BCUT2D eigenvalue weighted by Crippen LogP contribution is 2.29. The van der Waals surface area contributed by atoms with Crippen LogP contribution in [0.1, 0.15) is 18.9 Å². The van der Waals surface area contributed by atoms with Crippen LogP contribution in [0.2, 0.25) is 0 Å². The second-order valence-electron chi connectivity index (χ2n) is 4.82. The zero-order chi connectivity index (χ0) is 11.8. The number of aryl methyl sites for hydroxylation is 2. The smallest absolute Gasteiger partial charge is 0.139 e. The predicted molar refractivity (Wildman–Crippen MR) is 70.0 cm³/mol. The number of nitrogens with zero attached hydrogens (tertiary/aromatic N) is 2. The number of imidazole rings is 1. The van der Waals surface area contributed by atoms with E-state index in [9.17, 15) is 0 Å². The third kappa shape index (κ3) is 1.82. The normalized spacial score (nSPS) is 18.6. The molecule has 0 amide bonds. The van der Waals surface area contributed by atoms with Gasteiger partial charge in [-0.25, -0.2) is 4.98 Å². The summed E-state index contributed by atoms with van der Waals surface area (Å²) in [5.74, 6) is 1.03. The summed E-state index contributed by atoms with van der Waals surface area (Å²) in [5.41, 5.74) is 3.89. The molecule has 1 unspecified atom stereocenters. The zero-order valence-corrected chi connectivity index (χ0v) is 10.3. The molecule has 3 nitrogen and oxygen atoms in total. The van der Waals surface area contributed by atoms with Crippen molar-refractivity contribution in [2.75, 3.05) is 5.32 Å². The molecule has 3 heteroatoms. The molecule has 17 heavy (non-hydrogen) atoms. The Labute approximate surface area is 101 Å². The van der Waals surface area contributed by atoms with Crippen molar-refractivity contribution >= 4 is 5.69 Å². The molecule has 0 radical (unpaired) electrons. The van der Waals surface area contributed by atoms with E-state index in [-0.39, 0.29) is 0 Å². The van der Waals surface area contributed by atoms with Gasteiger partial charge >= 0.3 is 0 Å². The molecule has 1 N–H and O–H groups in total. The molecule has 88 valence electrons. The van der Waals surface area contributed by atoms with Crippen molar-refractivity contribution in [2.45, 2.75) is 25.8 Å². The summed E-state index contributed by atoms with van der Waals surface area (Å²) >= 11 is 0. The molecule has 3 rings (SSSR count). The maximum absolute atomic E-state index is 4.39. The van der Waals surface area contributed by atoms with E-state index in [1.54, 1.807) is 0 Å². The molecule has 1 aliphatic rings. The van der Waals surface area contributed by atoms with Crippen molar-refractivity contribution in [1.82, 2.24) is 9.55 Å². The summed E-state index contributed by atoms with van der Waals surface area (Å²) in [7, 11) is 2.03. The Morgan fingerprint density at radius 3 is 3.06 bits per heavy atom. The number of nitrogens with one attached hydrogen (secondary N) is 1. The maximum Gasteiger partial charge on any atom is 0.139 e. The van der Waals surface area contributed by atoms with Gasteiger partial charge in [0.2, 0.25) is 0 Å². The maximum atomic E-state index is 4.39. The van der Waals surface area contributed by atoms with Gasteiger partial charge in [-0.1, -0.05) is 0 Å². The standard InChI is InChI=1S/C14H17N3/c1-10-3-4-11-9-12(5-6-13(11)16-10)14-15-7-8-17(14)2/h5-10,16H,3-4H2,1-2H3. The van der Waals surface area contributed by atoms with Crippen LogP contribution in [0.4, 0.5) is 5.69 Å². The summed E-state index contributed by atoms with van der Waals surface area (Å²) in [6.45, 7) is 2.23. The zero-order valence-electron chi connectivity index (χ0n) is 10.3. The van der Waals surface area contributed by atoms with E-state index in [1.165, 1.54) is 23.2 Å². The van der Waals surface area contributed by atoms with Gasteiger partial charge in [0.25, 0.3) is 0 Å². The van der Waals surface area contributed by atoms with E-state index in [2.05, 4.69) is 40.0 Å². The highest BCUT2D eigenvalue weighted by molar-refractivity contribution is 5.65. The van der Waals surface area contributed by atoms with Gasteiger partial charge in [-0.3, -0.25) is 0 Å². The number of anilines is 1. The molecule has 0 saturated heterocycles. The average molecular weight is 227 g/mol. The van der Waals surface area contributed by atoms with Gasteiger partial charge < -0.3 is 9.88 Å². The van der Waals surface area contributed by atoms with Crippen molar-refractivity contribution < 1.29 is 0 Å². The Bertz CT molecular complexity index is 542. The Morgan fingerprint density at radius 1 is 1.41 bits per heavy atom. The van der Waals surface area contributed by atoms with Crippen LogP contribution in [0.5, 0.6) is 0 Å². The first kappa shape index (κ1) is 10.4. The van der Waals surface area contributed by atoms with Gasteiger partial charge in [0.05, 0.1) is 0 Å². The minimum absolute atomic E-state index is 0.585. The Balaban J connectivity index is 2.02. The van der Waals surface area contributed by atoms with Crippen molar-refractivity contribution in [3.63, 3.8) is 0 Å². The Hall–Kier alpha value is -1.77. The van der Waals surface area contributed by atoms with Gasteiger partial charge in [-0.05, 0) is 43.5 Å². The van der Waals surface area contributed by atoms with Gasteiger partial charge in [0, 0.05) is 36.7 Å².